The maximum Gasteiger partial charge on any atom is 0.272 e. The Morgan fingerprint density at radius 3 is 2.77 bits per heavy atom. The topological polar surface area (TPSA) is 108 Å². The van der Waals surface area contributed by atoms with Crippen molar-refractivity contribution >= 4 is 34.7 Å². The Labute approximate surface area is 180 Å². The first kappa shape index (κ1) is 19.2. The molecule has 2 amide bonds. The minimum atomic E-state index is -0.456. The number of hydrogen-bond acceptors (Lipinski definition) is 8. The molecule has 0 aromatic carbocycles. The Kier molecular flexibility index (Phi) is 4.76. The number of likely N-dealkylation sites (tertiary alicyclic amines) is 1. The maximum absolute atomic E-state index is 12.4. The number of rotatable bonds is 5. The lowest BCUT2D eigenvalue weighted by Crippen LogP contribution is -2.54. The number of aromatic nitrogens is 2. The van der Waals surface area contributed by atoms with Crippen molar-refractivity contribution in [2.75, 3.05) is 20.2 Å². The molecule has 0 spiro atoms. The molecular weight excluding hydrogens is 424 g/mol. The number of methoxy groups -OCH3 is 1. The highest BCUT2D eigenvalue weighted by atomic mass is 32.1. The van der Waals surface area contributed by atoms with Crippen LogP contribution in [-0.4, -0.2) is 52.4 Å². The van der Waals surface area contributed by atoms with Gasteiger partial charge in [-0.05, 0) is 47.6 Å². The van der Waals surface area contributed by atoms with Crippen LogP contribution in [0.3, 0.4) is 0 Å². The summed E-state index contributed by atoms with van der Waals surface area (Å²) < 4.78 is 15.6. The number of amides is 2. The largest absolute Gasteiger partial charge is 0.444 e. The van der Waals surface area contributed by atoms with Crippen LogP contribution in [0.15, 0.2) is 24.5 Å². The van der Waals surface area contributed by atoms with Crippen LogP contribution in [0.2, 0.25) is 0 Å². The van der Waals surface area contributed by atoms with Crippen LogP contribution >= 0.6 is 22.9 Å². The first-order valence-electron chi connectivity index (χ1n) is 9.40. The molecule has 8 nitrogen and oxygen atoms in total. The molecule has 1 saturated heterocycles. The van der Waals surface area contributed by atoms with Crippen LogP contribution in [0.5, 0.6) is 10.8 Å². The van der Waals surface area contributed by atoms with Gasteiger partial charge in [0.25, 0.3) is 11.8 Å². The van der Waals surface area contributed by atoms with Gasteiger partial charge in [-0.25, -0.2) is 9.36 Å². The van der Waals surface area contributed by atoms with Crippen LogP contribution in [0.25, 0.3) is 10.4 Å². The number of fused-ring (bicyclic) bond motifs is 3. The number of primary amides is 1. The number of pyridine rings is 1. The fourth-order valence-electron chi connectivity index (χ4n) is 3.67. The maximum atomic E-state index is 12.4. The average Bonchev–Trinajstić information content (AvgIpc) is 3.32. The first-order chi connectivity index (χ1) is 14.5. The van der Waals surface area contributed by atoms with Gasteiger partial charge in [0.05, 0.1) is 27.6 Å². The Balaban J connectivity index is 1.40. The molecule has 4 heterocycles. The summed E-state index contributed by atoms with van der Waals surface area (Å²) in [5, 5.41) is 0.593. The number of ether oxygens (including phenoxy) is 2. The molecule has 0 atom stereocenters. The van der Waals surface area contributed by atoms with E-state index in [1.165, 1.54) is 29.1 Å². The summed E-state index contributed by atoms with van der Waals surface area (Å²) in [7, 11) is 1.64. The van der Waals surface area contributed by atoms with Gasteiger partial charge in [0.2, 0.25) is 0 Å². The molecule has 1 aliphatic carbocycles. The molecule has 0 bridgehead atoms. The smallest absolute Gasteiger partial charge is 0.272 e. The monoisotopic (exact) mass is 442 g/mol. The van der Waals surface area contributed by atoms with Gasteiger partial charge in [0, 0.05) is 26.4 Å². The summed E-state index contributed by atoms with van der Waals surface area (Å²) >= 11 is 2.63. The van der Waals surface area contributed by atoms with Gasteiger partial charge in [-0.15, -0.1) is 0 Å². The zero-order valence-corrected chi connectivity index (χ0v) is 17.7. The molecule has 1 fully saturated rings. The average molecular weight is 443 g/mol. The van der Waals surface area contributed by atoms with Crippen molar-refractivity contribution in [1.82, 2.24) is 14.3 Å². The lowest BCUT2D eigenvalue weighted by atomic mass is 9.93. The van der Waals surface area contributed by atoms with E-state index < -0.39 is 5.91 Å². The minimum absolute atomic E-state index is 0.0950. The predicted molar refractivity (Wildman–Crippen MR) is 112 cm³/mol. The summed E-state index contributed by atoms with van der Waals surface area (Å²) in [4.78, 5) is 31.9. The predicted octanol–water partition coefficient (Wildman–Crippen LogP) is 2.73. The van der Waals surface area contributed by atoms with Crippen molar-refractivity contribution < 1.29 is 19.1 Å². The normalized spacial score (nSPS) is 15.3. The number of thiophene rings is 1. The first-order valence-corrected chi connectivity index (χ1v) is 11.0. The molecule has 154 valence electrons. The Bertz CT molecular complexity index is 1130. The molecule has 30 heavy (non-hydrogen) atoms. The van der Waals surface area contributed by atoms with Crippen molar-refractivity contribution in [3.63, 3.8) is 0 Å². The number of carbonyl (C=O) groups excluding carboxylic acids is 2. The van der Waals surface area contributed by atoms with E-state index in [4.69, 9.17) is 15.2 Å². The van der Waals surface area contributed by atoms with Gasteiger partial charge in [0.15, 0.2) is 5.06 Å². The summed E-state index contributed by atoms with van der Waals surface area (Å²) in [6, 6.07) is 3.35. The van der Waals surface area contributed by atoms with E-state index in [1.54, 1.807) is 24.1 Å². The third kappa shape index (κ3) is 3.17. The van der Waals surface area contributed by atoms with E-state index in [0.717, 1.165) is 34.4 Å². The molecule has 2 N–H and O–H groups in total. The fourth-order valence-corrected chi connectivity index (χ4v) is 5.68. The van der Waals surface area contributed by atoms with Gasteiger partial charge in [-0.3, -0.25) is 9.59 Å². The standard InChI is InChI=1S/C20H18N4O4S2/c1-27-12-8-24(9-12)19(26)14-5-3-11(7-22-14)28-20-15-13(17(29-20)18(21)25)4-2-10-6-23-30-16(10)15/h3,5-7,12H,2,4,8-9H2,1H3,(H2,21,25). The number of aryl methyl sites for hydroxylation is 1. The van der Waals surface area contributed by atoms with E-state index in [1.807, 2.05) is 6.20 Å². The SMILES string of the molecule is COC1CN(C(=O)c2ccc(Oc3sc(C(N)=O)c4c3-c3sncc3CC4)cn2)C1. The fraction of sp³-hybridized carbons (Fsp3) is 0.300. The van der Waals surface area contributed by atoms with Crippen LogP contribution in [-0.2, 0) is 17.6 Å². The van der Waals surface area contributed by atoms with Gasteiger partial charge in [0.1, 0.15) is 11.4 Å². The van der Waals surface area contributed by atoms with E-state index >= 15 is 0 Å². The van der Waals surface area contributed by atoms with Crippen molar-refractivity contribution in [3.8, 4) is 21.3 Å². The highest BCUT2D eigenvalue weighted by Crippen LogP contribution is 2.49. The second-order valence-electron chi connectivity index (χ2n) is 7.17. The molecule has 3 aromatic heterocycles. The van der Waals surface area contributed by atoms with E-state index in [0.29, 0.717) is 34.5 Å². The molecule has 0 radical (unpaired) electrons. The Morgan fingerprint density at radius 2 is 2.07 bits per heavy atom. The molecule has 5 rings (SSSR count). The van der Waals surface area contributed by atoms with Gasteiger partial charge < -0.3 is 20.1 Å². The zero-order valence-electron chi connectivity index (χ0n) is 16.1. The summed E-state index contributed by atoms with van der Waals surface area (Å²) in [6.07, 6.45) is 5.03. The molecular formula is C20H18N4O4S2. The molecule has 0 saturated carbocycles. The van der Waals surface area contributed by atoms with Crippen molar-refractivity contribution in [3.05, 3.63) is 46.2 Å². The molecule has 0 unspecified atom stereocenters. The highest BCUT2D eigenvalue weighted by Gasteiger charge is 2.32. The molecule has 10 heteroatoms. The molecule has 1 aliphatic heterocycles. The Hall–Kier alpha value is -2.82. The number of nitrogens with zero attached hydrogens (tertiary/aromatic N) is 3. The summed E-state index contributed by atoms with van der Waals surface area (Å²) in [5.74, 6) is -0.0997. The number of nitrogens with two attached hydrogens (primary N) is 1. The molecule has 2 aliphatic rings. The van der Waals surface area contributed by atoms with Gasteiger partial charge >= 0.3 is 0 Å². The quantitative estimate of drug-likeness (QED) is 0.651. The number of carbonyl (C=O) groups is 2. The lowest BCUT2D eigenvalue weighted by molar-refractivity contribution is -0.0194. The van der Waals surface area contributed by atoms with Crippen LogP contribution in [0, 0.1) is 0 Å². The summed E-state index contributed by atoms with van der Waals surface area (Å²) in [6.45, 7) is 1.15. The minimum Gasteiger partial charge on any atom is -0.444 e. The van der Waals surface area contributed by atoms with E-state index in [-0.39, 0.29) is 12.0 Å². The van der Waals surface area contributed by atoms with Crippen LogP contribution in [0.1, 0.15) is 31.3 Å². The van der Waals surface area contributed by atoms with Crippen molar-refractivity contribution in [2.24, 2.45) is 5.73 Å². The van der Waals surface area contributed by atoms with Crippen LogP contribution in [0.4, 0.5) is 0 Å². The second kappa shape index (κ2) is 7.46. The van der Waals surface area contributed by atoms with E-state index in [2.05, 4.69) is 9.36 Å². The summed E-state index contributed by atoms with van der Waals surface area (Å²) in [5.41, 5.74) is 8.92. The van der Waals surface area contributed by atoms with E-state index in [9.17, 15) is 9.59 Å². The van der Waals surface area contributed by atoms with Crippen molar-refractivity contribution in [1.29, 1.82) is 0 Å². The van der Waals surface area contributed by atoms with Gasteiger partial charge in [-0.2, -0.15) is 0 Å². The second-order valence-corrected chi connectivity index (χ2v) is 8.95. The highest BCUT2D eigenvalue weighted by molar-refractivity contribution is 7.17. The third-order valence-corrected chi connectivity index (χ3v) is 7.33. The van der Waals surface area contributed by atoms with Crippen LogP contribution < -0.4 is 10.5 Å². The zero-order chi connectivity index (χ0) is 20.8. The number of hydrogen-bond donors (Lipinski definition) is 1. The van der Waals surface area contributed by atoms with Gasteiger partial charge in [-0.1, -0.05) is 11.3 Å². The third-order valence-electron chi connectivity index (χ3n) is 5.35. The Morgan fingerprint density at radius 1 is 1.23 bits per heavy atom. The molecule has 3 aromatic rings. The van der Waals surface area contributed by atoms with Crippen molar-refractivity contribution in [2.45, 2.75) is 18.9 Å². The lowest BCUT2D eigenvalue weighted by Gasteiger charge is -2.37.